The Bertz CT molecular complexity index is 454. The summed E-state index contributed by atoms with van der Waals surface area (Å²) in [5.74, 6) is -0.482. The lowest BCUT2D eigenvalue weighted by atomic mass is 10.0. The average Bonchev–Trinajstić information content (AvgIpc) is 2.28. The summed E-state index contributed by atoms with van der Waals surface area (Å²) in [6, 6.07) is 5.25. The molecule has 16 heavy (non-hydrogen) atoms. The first-order valence-corrected chi connectivity index (χ1v) is 6.20. The van der Waals surface area contributed by atoms with Crippen LogP contribution in [-0.4, -0.2) is 12.6 Å². The third-order valence-corrected chi connectivity index (χ3v) is 3.00. The molecule has 1 aromatic carbocycles. The molecule has 0 aromatic heterocycles. The molecule has 0 fully saturated rings. The third-order valence-electron chi connectivity index (χ3n) is 2.02. The van der Waals surface area contributed by atoms with Gasteiger partial charge in [0.15, 0.2) is 0 Å². The maximum absolute atomic E-state index is 11.7. The van der Waals surface area contributed by atoms with Crippen molar-refractivity contribution < 1.29 is 9.53 Å². The largest absolute Gasteiger partial charge is 0.462 e. The second-order valence-corrected chi connectivity index (χ2v) is 3.99. The first-order chi connectivity index (χ1) is 7.65. The Morgan fingerprint density at radius 1 is 1.62 bits per heavy atom. The fourth-order valence-electron chi connectivity index (χ4n) is 1.30. The number of hydrogen-bond acceptors (Lipinski definition) is 4. The Kier molecular flexibility index (Phi) is 4.84. The number of thiol groups is 1. The number of halogens is 1. The van der Waals surface area contributed by atoms with Gasteiger partial charge < -0.3 is 4.74 Å². The average molecular weight is 300 g/mol. The zero-order chi connectivity index (χ0) is 12.1. The zero-order valence-corrected chi connectivity index (χ0v) is 11.1. The lowest BCUT2D eigenvalue weighted by molar-refractivity contribution is 0.0524. The number of nitrogens with zero attached hydrogens (tertiary/aromatic N) is 1. The molecule has 3 nitrogen and oxygen atoms in total. The van der Waals surface area contributed by atoms with Crippen LogP contribution < -0.4 is 0 Å². The van der Waals surface area contributed by atoms with Crippen molar-refractivity contribution in [3.8, 4) is 6.07 Å². The van der Waals surface area contributed by atoms with Crippen molar-refractivity contribution in [1.29, 1.82) is 5.26 Å². The quantitative estimate of drug-likeness (QED) is 0.530. The molecule has 0 spiro atoms. The van der Waals surface area contributed by atoms with E-state index in [1.165, 1.54) is 0 Å². The Morgan fingerprint density at radius 3 is 2.81 bits per heavy atom. The van der Waals surface area contributed by atoms with E-state index in [0.717, 1.165) is 0 Å². The van der Waals surface area contributed by atoms with Gasteiger partial charge in [-0.1, -0.05) is 15.9 Å². The van der Waals surface area contributed by atoms with Crippen LogP contribution >= 0.6 is 28.6 Å². The van der Waals surface area contributed by atoms with Crippen molar-refractivity contribution in [2.45, 2.75) is 17.1 Å². The fourth-order valence-corrected chi connectivity index (χ4v) is 2.37. The van der Waals surface area contributed by atoms with E-state index in [9.17, 15) is 4.79 Å². The normalized spacial score (nSPS) is 9.62. The van der Waals surface area contributed by atoms with Gasteiger partial charge in [0.2, 0.25) is 0 Å². The molecule has 84 valence electrons. The van der Waals surface area contributed by atoms with Gasteiger partial charge >= 0.3 is 5.97 Å². The molecule has 0 unspecified atom stereocenters. The van der Waals surface area contributed by atoms with Gasteiger partial charge in [0, 0.05) is 10.2 Å². The predicted octanol–water partition coefficient (Wildman–Crippen LogP) is 2.92. The van der Waals surface area contributed by atoms with Gasteiger partial charge in [-0.2, -0.15) is 5.26 Å². The SMILES string of the molecule is CCOC(=O)c1c(C#N)ccc(S)c1CBr. The van der Waals surface area contributed by atoms with Crippen LogP contribution in [0.15, 0.2) is 17.0 Å². The van der Waals surface area contributed by atoms with E-state index in [1.807, 2.05) is 6.07 Å². The molecule has 0 amide bonds. The van der Waals surface area contributed by atoms with E-state index in [4.69, 9.17) is 10.00 Å². The standard InChI is InChI=1S/C11H10BrNO2S/c1-2-15-11(14)10-7(6-13)3-4-9(16)8(10)5-12/h3-4,16H,2,5H2,1H3. The Hall–Kier alpha value is -0.990. The van der Waals surface area contributed by atoms with Crippen LogP contribution in [0, 0.1) is 11.3 Å². The second kappa shape index (κ2) is 5.92. The highest BCUT2D eigenvalue weighted by molar-refractivity contribution is 9.08. The number of carbonyl (C=O) groups excluding carboxylic acids is 1. The molecule has 0 saturated carbocycles. The van der Waals surface area contributed by atoms with Crippen LogP contribution in [0.1, 0.15) is 28.4 Å². The molecule has 0 radical (unpaired) electrons. The molecule has 1 rings (SSSR count). The predicted molar refractivity (Wildman–Crippen MR) is 67.0 cm³/mol. The first-order valence-electron chi connectivity index (χ1n) is 4.63. The molecule has 0 bridgehead atoms. The maximum atomic E-state index is 11.7. The summed E-state index contributed by atoms with van der Waals surface area (Å²) in [4.78, 5) is 12.4. The first kappa shape index (κ1) is 13.1. The molecule has 0 atom stereocenters. The number of nitriles is 1. The molecule has 0 heterocycles. The number of ether oxygens (including phenoxy) is 1. The van der Waals surface area contributed by atoms with Crippen LogP contribution in [-0.2, 0) is 10.1 Å². The summed E-state index contributed by atoms with van der Waals surface area (Å²) in [7, 11) is 0. The summed E-state index contributed by atoms with van der Waals surface area (Å²) in [5.41, 5.74) is 1.29. The van der Waals surface area contributed by atoms with Gasteiger partial charge in [-0.25, -0.2) is 4.79 Å². The number of carbonyl (C=O) groups is 1. The fraction of sp³-hybridized carbons (Fsp3) is 0.273. The third kappa shape index (κ3) is 2.57. The minimum absolute atomic E-state index is 0.280. The molecule has 0 aliphatic heterocycles. The lowest BCUT2D eigenvalue weighted by Crippen LogP contribution is -2.10. The molecule has 0 N–H and O–H groups in total. The van der Waals surface area contributed by atoms with E-state index < -0.39 is 5.97 Å². The molecule has 0 aliphatic rings. The maximum Gasteiger partial charge on any atom is 0.339 e. The van der Waals surface area contributed by atoms with Crippen LogP contribution in [0.25, 0.3) is 0 Å². The monoisotopic (exact) mass is 299 g/mol. The number of esters is 1. The highest BCUT2D eigenvalue weighted by Gasteiger charge is 2.18. The zero-order valence-electron chi connectivity index (χ0n) is 8.66. The summed E-state index contributed by atoms with van der Waals surface area (Å²) in [6.07, 6.45) is 0. The van der Waals surface area contributed by atoms with Gasteiger partial charge in [0.05, 0.1) is 17.7 Å². The van der Waals surface area contributed by atoms with Crippen molar-refractivity contribution >= 4 is 34.5 Å². The Balaban J connectivity index is 3.37. The summed E-state index contributed by atoms with van der Waals surface area (Å²) >= 11 is 7.53. The van der Waals surface area contributed by atoms with Crippen molar-refractivity contribution in [1.82, 2.24) is 0 Å². The molecule has 0 saturated heterocycles. The van der Waals surface area contributed by atoms with E-state index in [-0.39, 0.29) is 6.61 Å². The van der Waals surface area contributed by atoms with Gasteiger partial charge in [-0.3, -0.25) is 0 Å². The highest BCUT2D eigenvalue weighted by Crippen LogP contribution is 2.25. The van der Waals surface area contributed by atoms with Crippen LogP contribution in [0.3, 0.4) is 0 Å². The smallest absolute Gasteiger partial charge is 0.339 e. The molecule has 1 aromatic rings. The van der Waals surface area contributed by atoms with Crippen molar-refractivity contribution in [2.24, 2.45) is 0 Å². The summed E-state index contributed by atoms with van der Waals surface area (Å²) in [6.45, 7) is 2.00. The summed E-state index contributed by atoms with van der Waals surface area (Å²) < 4.78 is 4.92. The number of rotatable bonds is 3. The lowest BCUT2D eigenvalue weighted by Gasteiger charge is -2.10. The van der Waals surface area contributed by atoms with Gasteiger partial charge in [-0.05, 0) is 24.6 Å². The van der Waals surface area contributed by atoms with Crippen molar-refractivity contribution in [3.63, 3.8) is 0 Å². The van der Waals surface area contributed by atoms with Gasteiger partial charge in [0.1, 0.15) is 6.07 Å². The number of hydrogen-bond donors (Lipinski definition) is 1. The number of benzene rings is 1. The minimum Gasteiger partial charge on any atom is -0.462 e. The van der Waals surface area contributed by atoms with Gasteiger partial charge in [0.25, 0.3) is 0 Å². The van der Waals surface area contributed by atoms with Crippen LogP contribution in [0.4, 0.5) is 0 Å². The van der Waals surface area contributed by atoms with E-state index in [0.29, 0.717) is 26.9 Å². The highest BCUT2D eigenvalue weighted by atomic mass is 79.9. The molecule has 5 heteroatoms. The van der Waals surface area contributed by atoms with Crippen LogP contribution in [0.5, 0.6) is 0 Å². The molecular formula is C11H10BrNO2S. The minimum atomic E-state index is -0.482. The molecule has 0 aliphatic carbocycles. The van der Waals surface area contributed by atoms with Gasteiger partial charge in [-0.15, -0.1) is 12.6 Å². The summed E-state index contributed by atoms with van der Waals surface area (Å²) in [5, 5.41) is 9.40. The van der Waals surface area contributed by atoms with Crippen molar-refractivity contribution in [2.75, 3.05) is 6.61 Å². The van der Waals surface area contributed by atoms with E-state index >= 15 is 0 Å². The topological polar surface area (TPSA) is 50.1 Å². The Labute approximate surface area is 108 Å². The molecular weight excluding hydrogens is 290 g/mol. The van der Waals surface area contributed by atoms with E-state index in [1.54, 1.807) is 19.1 Å². The van der Waals surface area contributed by atoms with Crippen molar-refractivity contribution in [3.05, 3.63) is 28.8 Å². The number of alkyl halides is 1. The second-order valence-electron chi connectivity index (χ2n) is 2.95. The van der Waals surface area contributed by atoms with E-state index in [2.05, 4.69) is 28.6 Å². The Morgan fingerprint density at radius 2 is 2.31 bits per heavy atom. The van der Waals surface area contributed by atoms with Crippen LogP contribution in [0.2, 0.25) is 0 Å².